The van der Waals surface area contributed by atoms with Gasteiger partial charge in [0.2, 0.25) is 0 Å². The Morgan fingerprint density at radius 1 is 0.633 bits per heavy atom. The van der Waals surface area contributed by atoms with Gasteiger partial charge in [-0.1, -0.05) is 0 Å². The third-order valence-electron chi connectivity index (χ3n) is 4.15. The number of anilines is 2. The number of hydrogen-bond donors (Lipinski definition) is 4. The number of aliphatic hydroxyl groups is 2. The Labute approximate surface area is 175 Å². The van der Waals surface area contributed by atoms with Crippen LogP contribution in [0.15, 0.2) is 73.3 Å². The van der Waals surface area contributed by atoms with Gasteiger partial charge in [-0.3, -0.25) is 9.97 Å². The van der Waals surface area contributed by atoms with Gasteiger partial charge >= 0.3 is 0 Å². The highest BCUT2D eigenvalue weighted by Gasteiger charge is 2.07. The molecule has 2 aromatic heterocycles. The Balaban J connectivity index is 1.33. The highest BCUT2D eigenvalue weighted by molar-refractivity contribution is 5.41. The summed E-state index contributed by atoms with van der Waals surface area (Å²) in [5.74, 6) is 1.26. The Bertz CT molecular complexity index is 778. The lowest BCUT2D eigenvalue weighted by Crippen LogP contribution is -2.26. The van der Waals surface area contributed by atoms with Crippen LogP contribution in [0.25, 0.3) is 0 Å². The van der Waals surface area contributed by atoms with Crippen molar-refractivity contribution in [2.45, 2.75) is 12.2 Å². The van der Waals surface area contributed by atoms with E-state index in [4.69, 9.17) is 9.47 Å². The largest absolute Gasteiger partial charge is 0.491 e. The van der Waals surface area contributed by atoms with Crippen LogP contribution in [0.3, 0.4) is 0 Å². The lowest BCUT2D eigenvalue weighted by molar-refractivity contribution is 0.115. The van der Waals surface area contributed by atoms with E-state index in [0.29, 0.717) is 24.6 Å². The second-order valence-electron chi connectivity index (χ2n) is 6.63. The summed E-state index contributed by atoms with van der Waals surface area (Å²) in [6, 6.07) is 14.4. The van der Waals surface area contributed by atoms with Gasteiger partial charge in [-0.2, -0.15) is 0 Å². The SMILES string of the molecule is O[C@H](CNc1ccncc1)COc1ccc(OC[C@H](O)CNc2ccncc2)cc1. The van der Waals surface area contributed by atoms with Crippen molar-refractivity contribution < 1.29 is 19.7 Å². The van der Waals surface area contributed by atoms with Crippen molar-refractivity contribution in [3.63, 3.8) is 0 Å². The van der Waals surface area contributed by atoms with Gasteiger partial charge in [0, 0.05) is 49.3 Å². The maximum absolute atomic E-state index is 10.0. The summed E-state index contributed by atoms with van der Waals surface area (Å²) < 4.78 is 11.2. The molecule has 0 aliphatic heterocycles. The van der Waals surface area contributed by atoms with Gasteiger partial charge in [0.1, 0.15) is 36.9 Å². The molecule has 0 bridgehead atoms. The second-order valence-corrected chi connectivity index (χ2v) is 6.63. The number of nitrogens with zero attached hydrogens (tertiary/aromatic N) is 2. The van der Waals surface area contributed by atoms with E-state index in [1.807, 2.05) is 24.3 Å². The van der Waals surface area contributed by atoms with Crippen LogP contribution in [0, 0.1) is 0 Å². The Hall–Kier alpha value is -3.36. The first-order chi connectivity index (χ1) is 14.7. The summed E-state index contributed by atoms with van der Waals surface area (Å²) in [6.45, 7) is 1.07. The summed E-state index contributed by atoms with van der Waals surface area (Å²) in [4.78, 5) is 7.89. The van der Waals surface area contributed by atoms with Crippen molar-refractivity contribution >= 4 is 11.4 Å². The zero-order chi connectivity index (χ0) is 21.0. The molecular weight excluding hydrogens is 384 g/mol. The molecular formula is C22H26N4O4. The average molecular weight is 410 g/mol. The number of ether oxygens (including phenoxy) is 2. The van der Waals surface area contributed by atoms with Gasteiger partial charge in [0.25, 0.3) is 0 Å². The summed E-state index contributed by atoms with van der Waals surface area (Å²) >= 11 is 0. The van der Waals surface area contributed by atoms with Crippen LogP contribution in [0.2, 0.25) is 0 Å². The van der Waals surface area contributed by atoms with E-state index in [1.165, 1.54) is 0 Å². The predicted octanol–water partition coefficient (Wildman–Crippen LogP) is 2.18. The molecule has 0 fully saturated rings. The van der Waals surface area contributed by atoms with E-state index in [-0.39, 0.29) is 13.2 Å². The maximum Gasteiger partial charge on any atom is 0.119 e. The van der Waals surface area contributed by atoms with Crippen molar-refractivity contribution in [3.05, 3.63) is 73.3 Å². The quantitative estimate of drug-likeness (QED) is 0.360. The molecule has 2 atom stereocenters. The van der Waals surface area contributed by atoms with E-state index >= 15 is 0 Å². The monoisotopic (exact) mass is 410 g/mol. The van der Waals surface area contributed by atoms with Crippen LogP contribution in [-0.2, 0) is 0 Å². The molecule has 0 aliphatic carbocycles. The van der Waals surface area contributed by atoms with Gasteiger partial charge in [-0.05, 0) is 48.5 Å². The molecule has 8 nitrogen and oxygen atoms in total. The number of rotatable bonds is 12. The Morgan fingerprint density at radius 2 is 1.00 bits per heavy atom. The Kier molecular flexibility index (Phi) is 8.25. The zero-order valence-corrected chi connectivity index (χ0v) is 16.5. The molecule has 1 aromatic carbocycles. The van der Waals surface area contributed by atoms with E-state index in [1.54, 1.807) is 49.1 Å². The number of aliphatic hydroxyl groups excluding tert-OH is 2. The summed E-state index contributed by atoms with van der Waals surface area (Å²) in [6.07, 6.45) is 5.43. The molecule has 0 radical (unpaired) electrons. The highest BCUT2D eigenvalue weighted by atomic mass is 16.5. The Morgan fingerprint density at radius 3 is 1.37 bits per heavy atom. The van der Waals surface area contributed by atoms with Crippen LogP contribution in [0.1, 0.15) is 0 Å². The van der Waals surface area contributed by atoms with Gasteiger partial charge in [-0.15, -0.1) is 0 Å². The maximum atomic E-state index is 10.0. The van der Waals surface area contributed by atoms with Crippen molar-refractivity contribution in [3.8, 4) is 11.5 Å². The molecule has 0 unspecified atom stereocenters. The van der Waals surface area contributed by atoms with Crippen LogP contribution >= 0.6 is 0 Å². The first-order valence-corrected chi connectivity index (χ1v) is 9.68. The fraction of sp³-hybridized carbons (Fsp3) is 0.273. The minimum atomic E-state index is -0.655. The highest BCUT2D eigenvalue weighted by Crippen LogP contribution is 2.18. The number of aromatic nitrogens is 2. The molecule has 0 spiro atoms. The van der Waals surface area contributed by atoms with Crippen molar-refractivity contribution in [1.29, 1.82) is 0 Å². The lowest BCUT2D eigenvalue weighted by atomic mass is 10.3. The van der Waals surface area contributed by atoms with Gasteiger partial charge in [0.15, 0.2) is 0 Å². The zero-order valence-electron chi connectivity index (χ0n) is 16.5. The number of pyridine rings is 2. The smallest absolute Gasteiger partial charge is 0.119 e. The van der Waals surface area contributed by atoms with E-state index < -0.39 is 12.2 Å². The van der Waals surface area contributed by atoms with Crippen molar-refractivity contribution in [2.75, 3.05) is 36.9 Å². The molecule has 8 heteroatoms. The molecule has 158 valence electrons. The number of nitrogens with one attached hydrogen (secondary N) is 2. The molecule has 3 aromatic rings. The van der Waals surface area contributed by atoms with Gasteiger partial charge in [-0.25, -0.2) is 0 Å². The fourth-order valence-corrected chi connectivity index (χ4v) is 2.55. The molecule has 0 amide bonds. The summed E-state index contributed by atoms with van der Waals surface area (Å²) in [5, 5.41) is 26.3. The number of benzene rings is 1. The molecule has 0 saturated carbocycles. The third kappa shape index (κ3) is 7.57. The average Bonchev–Trinajstić information content (AvgIpc) is 2.80. The first kappa shape index (κ1) is 21.4. The predicted molar refractivity (Wildman–Crippen MR) is 115 cm³/mol. The number of hydrogen-bond acceptors (Lipinski definition) is 8. The topological polar surface area (TPSA) is 109 Å². The normalized spacial score (nSPS) is 12.6. The van der Waals surface area contributed by atoms with Crippen LogP contribution in [-0.4, -0.2) is 58.7 Å². The van der Waals surface area contributed by atoms with Crippen molar-refractivity contribution in [1.82, 2.24) is 9.97 Å². The van der Waals surface area contributed by atoms with E-state index in [2.05, 4.69) is 20.6 Å². The summed E-state index contributed by atoms with van der Waals surface area (Å²) in [7, 11) is 0. The molecule has 4 N–H and O–H groups in total. The molecule has 30 heavy (non-hydrogen) atoms. The first-order valence-electron chi connectivity index (χ1n) is 9.68. The molecule has 3 rings (SSSR count). The lowest BCUT2D eigenvalue weighted by Gasteiger charge is -2.15. The van der Waals surface area contributed by atoms with Crippen molar-refractivity contribution in [2.24, 2.45) is 0 Å². The van der Waals surface area contributed by atoms with E-state index in [9.17, 15) is 10.2 Å². The van der Waals surface area contributed by atoms with Crippen LogP contribution < -0.4 is 20.1 Å². The molecule has 2 heterocycles. The standard InChI is InChI=1S/C22H26N4O4/c27-19(13-25-17-5-9-23-10-6-17)15-29-21-1-2-22(4-3-21)30-16-20(28)14-26-18-7-11-24-12-8-18/h1-12,19-20,27-28H,13-16H2,(H,23,25)(H,24,26)/t19-,20-/m1/s1. The fourth-order valence-electron chi connectivity index (χ4n) is 2.55. The molecule has 0 saturated heterocycles. The van der Waals surface area contributed by atoms with Gasteiger partial charge < -0.3 is 30.3 Å². The van der Waals surface area contributed by atoms with Crippen LogP contribution in [0.5, 0.6) is 11.5 Å². The van der Waals surface area contributed by atoms with Crippen LogP contribution in [0.4, 0.5) is 11.4 Å². The molecule has 0 aliphatic rings. The second kappa shape index (κ2) is 11.6. The van der Waals surface area contributed by atoms with Gasteiger partial charge in [0.05, 0.1) is 0 Å². The van der Waals surface area contributed by atoms with E-state index in [0.717, 1.165) is 11.4 Å². The minimum absolute atomic E-state index is 0.164. The third-order valence-corrected chi connectivity index (χ3v) is 4.15. The summed E-state index contributed by atoms with van der Waals surface area (Å²) in [5.41, 5.74) is 1.78. The minimum Gasteiger partial charge on any atom is -0.491 e.